The molecule has 0 aliphatic carbocycles. The van der Waals surface area contributed by atoms with Gasteiger partial charge in [-0.25, -0.2) is 0 Å². The van der Waals surface area contributed by atoms with Crippen LogP contribution in [0.15, 0.2) is 66.7 Å². The number of hydrogen-bond acceptors (Lipinski definition) is 5. The zero-order valence-electron chi connectivity index (χ0n) is 18.6. The van der Waals surface area contributed by atoms with Gasteiger partial charge in [-0.1, -0.05) is 36.4 Å². The molecule has 6 heteroatoms. The third kappa shape index (κ3) is 4.00. The minimum absolute atomic E-state index is 0.0537. The molecule has 1 unspecified atom stereocenters. The molecular weight excluding hydrogens is 418 g/mol. The van der Waals surface area contributed by atoms with E-state index in [1.54, 1.807) is 20.3 Å². The van der Waals surface area contributed by atoms with Gasteiger partial charge in [-0.15, -0.1) is 0 Å². The second-order valence-corrected chi connectivity index (χ2v) is 7.95. The molecule has 5 rings (SSSR count). The number of carbonyl (C=O) groups excluding carboxylic acids is 1. The highest BCUT2D eigenvalue weighted by Gasteiger charge is 2.32. The third-order valence-corrected chi connectivity index (χ3v) is 6.09. The van der Waals surface area contributed by atoms with Crippen molar-refractivity contribution in [3.05, 3.63) is 89.0 Å². The number of benzene rings is 3. The number of carbonyl (C=O) groups is 1. The van der Waals surface area contributed by atoms with Crippen LogP contribution in [0, 0.1) is 0 Å². The van der Waals surface area contributed by atoms with Gasteiger partial charge in [0.2, 0.25) is 12.7 Å². The predicted octanol–water partition coefficient (Wildman–Crippen LogP) is 4.62. The Morgan fingerprint density at radius 1 is 0.970 bits per heavy atom. The van der Waals surface area contributed by atoms with Gasteiger partial charge in [-0.05, 0) is 59.0 Å². The lowest BCUT2D eigenvalue weighted by atomic mass is 9.87. The second kappa shape index (κ2) is 8.90. The molecule has 0 saturated carbocycles. The molecule has 2 aliphatic heterocycles. The molecule has 33 heavy (non-hydrogen) atoms. The minimum atomic E-state index is -0.219. The van der Waals surface area contributed by atoms with E-state index in [2.05, 4.69) is 12.1 Å². The number of fused-ring (bicyclic) bond motifs is 2. The lowest BCUT2D eigenvalue weighted by Gasteiger charge is -2.37. The molecule has 0 bridgehead atoms. The fourth-order valence-corrected chi connectivity index (χ4v) is 4.46. The SMILES string of the molecule is COc1cc2c(cc1OC)C(c1ccccc1)N(C(=O)/C=C/c1ccc3c(c1)OCO3)CC2. The summed E-state index contributed by atoms with van der Waals surface area (Å²) in [7, 11) is 3.26. The molecule has 2 heterocycles. The first-order valence-corrected chi connectivity index (χ1v) is 10.9. The second-order valence-electron chi connectivity index (χ2n) is 7.95. The topological polar surface area (TPSA) is 57.2 Å². The highest BCUT2D eigenvalue weighted by Crippen LogP contribution is 2.41. The van der Waals surface area contributed by atoms with Crippen molar-refractivity contribution >= 4 is 12.0 Å². The van der Waals surface area contributed by atoms with Crippen molar-refractivity contribution in [2.45, 2.75) is 12.5 Å². The van der Waals surface area contributed by atoms with Gasteiger partial charge in [-0.2, -0.15) is 0 Å². The highest BCUT2D eigenvalue weighted by atomic mass is 16.7. The molecular formula is C27H25NO5. The molecule has 3 aromatic rings. The molecule has 1 atom stereocenters. The Morgan fingerprint density at radius 2 is 1.73 bits per heavy atom. The number of ether oxygens (including phenoxy) is 4. The van der Waals surface area contributed by atoms with Gasteiger partial charge < -0.3 is 23.8 Å². The quantitative estimate of drug-likeness (QED) is 0.539. The maximum Gasteiger partial charge on any atom is 0.247 e. The highest BCUT2D eigenvalue weighted by molar-refractivity contribution is 5.92. The molecule has 0 N–H and O–H groups in total. The predicted molar refractivity (Wildman–Crippen MR) is 125 cm³/mol. The van der Waals surface area contributed by atoms with E-state index in [0.29, 0.717) is 23.8 Å². The largest absolute Gasteiger partial charge is 0.493 e. The zero-order valence-corrected chi connectivity index (χ0v) is 18.6. The summed E-state index contributed by atoms with van der Waals surface area (Å²) in [6.07, 6.45) is 4.18. The third-order valence-electron chi connectivity index (χ3n) is 6.09. The Kier molecular flexibility index (Phi) is 5.65. The van der Waals surface area contributed by atoms with Gasteiger partial charge in [0.1, 0.15) is 0 Å². The van der Waals surface area contributed by atoms with Crippen molar-refractivity contribution in [1.29, 1.82) is 0 Å². The fourth-order valence-electron chi connectivity index (χ4n) is 4.46. The Morgan fingerprint density at radius 3 is 2.52 bits per heavy atom. The van der Waals surface area contributed by atoms with Gasteiger partial charge in [0, 0.05) is 12.6 Å². The number of nitrogens with zero attached hydrogens (tertiary/aromatic N) is 1. The Balaban J connectivity index is 1.49. The Hall–Kier alpha value is -3.93. The van der Waals surface area contributed by atoms with Crippen LogP contribution < -0.4 is 18.9 Å². The molecule has 0 fully saturated rings. The molecule has 3 aromatic carbocycles. The lowest BCUT2D eigenvalue weighted by molar-refractivity contribution is -0.127. The standard InChI is InChI=1S/C27H25NO5/c1-30-23-15-20-12-13-28(26(29)11-9-18-8-10-22-25(14-18)33-17-32-22)27(19-6-4-3-5-7-19)21(20)16-24(23)31-2/h3-11,14-16,27H,12-13,17H2,1-2H3/b11-9+. The average molecular weight is 443 g/mol. The number of rotatable bonds is 5. The van der Waals surface area contributed by atoms with Gasteiger partial charge >= 0.3 is 0 Å². The zero-order chi connectivity index (χ0) is 22.8. The number of hydrogen-bond donors (Lipinski definition) is 0. The first kappa shape index (κ1) is 20.9. The molecule has 0 saturated heterocycles. The summed E-state index contributed by atoms with van der Waals surface area (Å²) in [4.78, 5) is 15.3. The maximum absolute atomic E-state index is 13.4. The monoisotopic (exact) mass is 443 g/mol. The molecule has 6 nitrogen and oxygen atoms in total. The van der Waals surface area contributed by atoms with Crippen molar-refractivity contribution in [1.82, 2.24) is 4.90 Å². The van der Waals surface area contributed by atoms with Crippen LogP contribution >= 0.6 is 0 Å². The van der Waals surface area contributed by atoms with Crippen LogP contribution in [0.1, 0.15) is 28.3 Å². The van der Waals surface area contributed by atoms with E-state index in [-0.39, 0.29) is 18.7 Å². The first-order chi connectivity index (χ1) is 16.2. The van der Waals surface area contributed by atoms with E-state index < -0.39 is 0 Å². The fraction of sp³-hybridized carbons (Fsp3) is 0.222. The van der Waals surface area contributed by atoms with Crippen LogP contribution in [0.4, 0.5) is 0 Å². The van der Waals surface area contributed by atoms with Crippen molar-refractivity contribution in [2.75, 3.05) is 27.6 Å². The Labute approximate surface area is 193 Å². The summed E-state index contributed by atoms with van der Waals surface area (Å²) in [5.74, 6) is 2.72. The van der Waals surface area contributed by atoms with Crippen molar-refractivity contribution in [3.63, 3.8) is 0 Å². The average Bonchev–Trinajstić information content (AvgIpc) is 3.34. The van der Waals surface area contributed by atoms with Crippen LogP contribution in [0.25, 0.3) is 6.08 Å². The number of methoxy groups -OCH3 is 2. The van der Waals surface area contributed by atoms with E-state index in [4.69, 9.17) is 18.9 Å². The molecule has 0 spiro atoms. The van der Waals surface area contributed by atoms with Crippen LogP contribution in [-0.2, 0) is 11.2 Å². The van der Waals surface area contributed by atoms with Crippen molar-refractivity contribution < 1.29 is 23.7 Å². The summed E-state index contributed by atoms with van der Waals surface area (Å²) < 4.78 is 21.9. The van der Waals surface area contributed by atoms with Gasteiger partial charge in [0.25, 0.3) is 0 Å². The van der Waals surface area contributed by atoms with E-state index in [9.17, 15) is 4.79 Å². The Bertz CT molecular complexity index is 1200. The maximum atomic E-state index is 13.4. The normalized spacial score (nSPS) is 16.5. The molecule has 168 valence electrons. The summed E-state index contributed by atoms with van der Waals surface area (Å²) in [6, 6.07) is 19.5. The lowest BCUT2D eigenvalue weighted by Crippen LogP contribution is -2.39. The van der Waals surface area contributed by atoms with Crippen LogP contribution in [-0.4, -0.2) is 38.4 Å². The van der Waals surface area contributed by atoms with Gasteiger partial charge in [-0.3, -0.25) is 4.79 Å². The van der Waals surface area contributed by atoms with E-state index in [1.807, 2.05) is 59.5 Å². The first-order valence-electron chi connectivity index (χ1n) is 10.9. The van der Waals surface area contributed by atoms with Gasteiger partial charge in [0.15, 0.2) is 23.0 Å². The smallest absolute Gasteiger partial charge is 0.247 e. The summed E-state index contributed by atoms with van der Waals surface area (Å²) in [6.45, 7) is 0.827. The minimum Gasteiger partial charge on any atom is -0.493 e. The molecule has 0 aromatic heterocycles. The molecule has 2 aliphatic rings. The van der Waals surface area contributed by atoms with E-state index in [0.717, 1.165) is 34.4 Å². The van der Waals surface area contributed by atoms with Crippen LogP contribution in [0.3, 0.4) is 0 Å². The summed E-state index contributed by atoms with van der Waals surface area (Å²) in [5, 5.41) is 0. The summed E-state index contributed by atoms with van der Waals surface area (Å²) in [5.41, 5.74) is 4.14. The van der Waals surface area contributed by atoms with E-state index >= 15 is 0 Å². The van der Waals surface area contributed by atoms with Crippen molar-refractivity contribution in [3.8, 4) is 23.0 Å². The molecule has 1 amide bonds. The van der Waals surface area contributed by atoms with Crippen LogP contribution in [0.2, 0.25) is 0 Å². The van der Waals surface area contributed by atoms with Crippen molar-refractivity contribution in [2.24, 2.45) is 0 Å². The van der Waals surface area contributed by atoms with E-state index in [1.165, 1.54) is 0 Å². The number of amides is 1. The van der Waals surface area contributed by atoms with Crippen LogP contribution in [0.5, 0.6) is 23.0 Å². The summed E-state index contributed by atoms with van der Waals surface area (Å²) >= 11 is 0. The van der Waals surface area contributed by atoms with Gasteiger partial charge in [0.05, 0.1) is 20.3 Å². The molecule has 0 radical (unpaired) electrons.